The number of aliphatic imine (C=N–C) groups is 1. The molecule has 150 valence electrons. The average Bonchev–Trinajstić information content (AvgIpc) is 2.97. The van der Waals surface area contributed by atoms with Gasteiger partial charge in [0, 0.05) is 24.2 Å². The van der Waals surface area contributed by atoms with Crippen LogP contribution in [-0.4, -0.2) is 33.7 Å². The van der Waals surface area contributed by atoms with Gasteiger partial charge in [-0.15, -0.1) is 35.3 Å². The number of hydrogen-bond acceptors (Lipinski definition) is 4. The highest BCUT2D eigenvalue weighted by Gasteiger charge is 2.10. The van der Waals surface area contributed by atoms with E-state index in [2.05, 4.69) is 15.6 Å². The van der Waals surface area contributed by atoms with E-state index in [9.17, 15) is 8.42 Å². The van der Waals surface area contributed by atoms with Crippen LogP contribution >= 0.6 is 46.9 Å². The molecule has 0 fully saturated rings. The molecule has 2 aromatic rings. The quantitative estimate of drug-likeness (QED) is 0.315. The number of nitrogens with one attached hydrogen (secondary N) is 2. The van der Waals surface area contributed by atoms with Gasteiger partial charge in [0.2, 0.25) is 0 Å². The van der Waals surface area contributed by atoms with Crippen molar-refractivity contribution in [3.05, 3.63) is 50.7 Å². The molecule has 5 nitrogen and oxygen atoms in total. The summed E-state index contributed by atoms with van der Waals surface area (Å²) >= 11 is 7.53. The SMILES string of the molecule is CCNC(=NCc1ccc(S(C)(=O)=O)c(C)c1)NCCc1ccc(Cl)s1.I. The summed E-state index contributed by atoms with van der Waals surface area (Å²) in [4.78, 5) is 6.17. The second kappa shape index (κ2) is 11.2. The van der Waals surface area contributed by atoms with Crippen LogP contribution in [0.1, 0.15) is 22.9 Å². The Morgan fingerprint density at radius 3 is 2.52 bits per heavy atom. The first-order valence-corrected chi connectivity index (χ1v) is 11.4. The number of guanidine groups is 1. The first-order valence-electron chi connectivity index (χ1n) is 8.35. The van der Waals surface area contributed by atoms with Gasteiger partial charge in [-0.2, -0.15) is 0 Å². The lowest BCUT2D eigenvalue weighted by Gasteiger charge is -2.11. The number of aryl methyl sites for hydroxylation is 1. The number of thiophene rings is 1. The highest BCUT2D eigenvalue weighted by Crippen LogP contribution is 2.21. The fraction of sp³-hybridized carbons (Fsp3) is 0.389. The summed E-state index contributed by atoms with van der Waals surface area (Å²) in [7, 11) is -3.20. The van der Waals surface area contributed by atoms with Gasteiger partial charge in [0.05, 0.1) is 15.8 Å². The van der Waals surface area contributed by atoms with Crippen LogP contribution in [0.25, 0.3) is 0 Å². The third-order valence-electron chi connectivity index (χ3n) is 3.70. The summed E-state index contributed by atoms with van der Waals surface area (Å²) in [6, 6.07) is 9.27. The second-order valence-electron chi connectivity index (χ2n) is 5.95. The molecule has 0 radical (unpaired) electrons. The number of hydrogen-bond donors (Lipinski definition) is 2. The van der Waals surface area contributed by atoms with Crippen LogP contribution in [0.2, 0.25) is 4.34 Å². The lowest BCUT2D eigenvalue weighted by Crippen LogP contribution is -2.38. The molecule has 0 saturated carbocycles. The molecule has 0 bridgehead atoms. The number of halogens is 2. The van der Waals surface area contributed by atoms with E-state index in [1.54, 1.807) is 24.3 Å². The largest absolute Gasteiger partial charge is 0.357 e. The molecular weight excluding hydrogens is 517 g/mol. The van der Waals surface area contributed by atoms with Crippen LogP contribution in [0.5, 0.6) is 0 Å². The Kier molecular flexibility index (Phi) is 10.1. The third kappa shape index (κ3) is 7.97. The molecule has 0 atom stereocenters. The van der Waals surface area contributed by atoms with Gasteiger partial charge in [0.25, 0.3) is 0 Å². The molecule has 0 saturated heterocycles. The van der Waals surface area contributed by atoms with Crippen molar-refractivity contribution in [3.63, 3.8) is 0 Å². The van der Waals surface area contributed by atoms with Crippen molar-refractivity contribution in [3.8, 4) is 0 Å². The molecule has 1 heterocycles. The zero-order chi connectivity index (χ0) is 19.2. The molecule has 1 aromatic carbocycles. The molecule has 2 N–H and O–H groups in total. The van der Waals surface area contributed by atoms with Crippen molar-refractivity contribution >= 4 is 62.7 Å². The van der Waals surface area contributed by atoms with E-state index in [0.717, 1.165) is 40.9 Å². The minimum atomic E-state index is -3.20. The smallest absolute Gasteiger partial charge is 0.191 e. The lowest BCUT2D eigenvalue weighted by molar-refractivity contribution is 0.601. The summed E-state index contributed by atoms with van der Waals surface area (Å²) in [5, 5.41) is 6.52. The Bertz CT molecular complexity index is 882. The number of sulfone groups is 1. The summed E-state index contributed by atoms with van der Waals surface area (Å²) in [5.74, 6) is 0.736. The van der Waals surface area contributed by atoms with Crippen molar-refractivity contribution in [2.24, 2.45) is 4.99 Å². The molecule has 2 rings (SSSR count). The number of rotatable bonds is 7. The molecular formula is C18H25ClIN3O2S2. The van der Waals surface area contributed by atoms with E-state index >= 15 is 0 Å². The van der Waals surface area contributed by atoms with Gasteiger partial charge in [-0.25, -0.2) is 13.4 Å². The van der Waals surface area contributed by atoms with Crippen LogP contribution in [0.4, 0.5) is 0 Å². The Morgan fingerprint density at radius 1 is 1.22 bits per heavy atom. The van der Waals surface area contributed by atoms with E-state index in [1.165, 1.54) is 11.1 Å². The Balaban J connectivity index is 0.00000364. The molecule has 9 heteroatoms. The maximum atomic E-state index is 11.7. The predicted molar refractivity (Wildman–Crippen MR) is 126 cm³/mol. The predicted octanol–water partition coefficient (Wildman–Crippen LogP) is 4.03. The van der Waals surface area contributed by atoms with E-state index in [0.29, 0.717) is 11.4 Å². The van der Waals surface area contributed by atoms with E-state index in [4.69, 9.17) is 11.6 Å². The monoisotopic (exact) mass is 541 g/mol. The van der Waals surface area contributed by atoms with E-state index in [-0.39, 0.29) is 24.0 Å². The molecule has 0 spiro atoms. The normalized spacial score (nSPS) is 11.8. The van der Waals surface area contributed by atoms with Crippen molar-refractivity contribution in [2.45, 2.75) is 31.7 Å². The van der Waals surface area contributed by atoms with E-state index in [1.807, 2.05) is 31.2 Å². The van der Waals surface area contributed by atoms with Crippen LogP contribution in [0.3, 0.4) is 0 Å². The molecule has 0 aliphatic heterocycles. The summed E-state index contributed by atoms with van der Waals surface area (Å²) < 4.78 is 24.2. The topological polar surface area (TPSA) is 70.6 Å². The maximum absolute atomic E-state index is 11.7. The average molecular weight is 542 g/mol. The van der Waals surface area contributed by atoms with Crippen LogP contribution in [0, 0.1) is 6.92 Å². The Hall–Kier alpha value is -0.840. The molecule has 0 aliphatic carbocycles. The molecule has 0 aliphatic rings. The van der Waals surface area contributed by atoms with Crippen molar-refractivity contribution in [2.75, 3.05) is 19.3 Å². The number of benzene rings is 1. The molecule has 1 aromatic heterocycles. The summed E-state index contributed by atoms with van der Waals surface area (Å²) in [6.07, 6.45) is 2.10. The highest BCUT2D eigenvalue weighted by molar-refractivity contribution is 14.0. The summed E-state index contributed by atoms with van der Waals surface area (Å²) in [5.41, 5.74) is 1.71. The molecule has 0 amide bonds. The van der Waals surface area contributed by atoms with Crippen molar-refractivity contribution in [1.29, 1.82) is 0 Å². The standard InChI is InChI=1S/C18H24ClN3O2S2.HI/c1-4-20-18(21-10-9-15-6-8-17(19)25-15)22-12-14-5-7-16(13(2)11-14)26(3,23)24;/h5-8,11H,4,9-10,12H2,1-3H3,(H2,20,21,22);1H. The van der Waals surface area contributed by atoms with Gasteiger partial charge in [0.1, 0.15) is 0 Å². The zero-order valence-electron chi connectivity index (χ0n) is 15.6. The lowest BCUT2D eigenvalue weighted by atomic mass is 10.1. The van der Waals surface area contributed by atoms with Gasteiger partial charge in [0.15, 0.2) is 15.8 Å². The Morgan fingerprint density at radius 2 is 1.96 bits per heavy atom. The summed E-state index contributed by atoms with van der Waals surface area (Å²) in [6.45, 7) is 5.82. The fourth-order valence-corrected chi connectivity index (χ4v) is 4.57. The van der Waals surface area contributed by atoms with Crippen LogP contribution in [-0.2, 0) is 22.8 Å². The highest BCUT2D eigenvalue weighted by atomic mass is 127. The maximum Gasteiger partial charge on any atom is 0.191 e. The minimum Gasteiger partial charge on any atom is -0.357 e. The third-order valence-corrected chi connectivity index (χ3v) is 6.24. The first kappa shape index (κ1) is 24.2. The fourth-order valence-electron chi connectivity index (χ4n) is 2.53. The second-order valence-corrected chi connectivity index (χ2v) is 9.73. The van der Waals surface area contributed by atoms with Gasteiger partial charge in [-0.1, -0.05) is 23.7 Å². The van der Waals surface area contributed by atoms with Gasteiger partial charge < -0.3 is 10.6 Å². The first-order chi connectivity index (χ1) is 12.3. The van der Waals surface area contributed by atoms with Crippen molar-refractivity contribution < 1.29 is 8.42 Å². The van der Waals surface area contributed by atoms with Crippen LogP contribution in [0.15, 0.2) is 40.2 Å². The Labute approximate surface area is 187 Å². The van der Waals surface area contributed by atoms with Gasteiger partial charge >= 0.3 is 0 Å². The van der Waals surface area contributed by atoms with Gasteiger partial charge in [-0.05, 0) is 49.6 Å². The minimum absolute atomic E-state index is 0. The molecule has 27 heavy (non-hydrogen) atoms. The zero-order valence-corrected chi connectivity index (χ0v) is 20.3. The number of nitrogens with zero attached hydrogens (tertiary/aromatic N) is 1. The van der Waals surface area contributed by atoms with Gasteiger partial charge in [-0.3, -0.25) is 0 Å². The van der Waals surface area contributed by atoms with E-state index < -0.39 is 9.84 Å². The van der Waals surface area contributed by atoms with Crippen molar-refractivity contribution in [1.82, 2.24) is 10.6 Å². The molecule has 0 unspecified atom stereocenters. The van der Waals surface area contributed by atoms with Crippen LogP contribution < -0.4 is 10.6 Å².